The lowest BCUT2D eigenvalue weighted by atomic mass is 10.2. The Morgan fingerprint density at radius 3 is 2.63 bits per heavy atom. The highest BCUT2D eigenvalue weighted by atomic mass is 16.5. The molecule has 3 rings (SSSR count). The fraction of sp³-hybridized carbons (Fsp3) is 0.238. The largest absolute Gasteiger partial charge is 0.504 e. The molecule has 1 N–H and O–H groups in total. The van der Waals surface area contributed by atoms with Crippen LogP contribution in [0.3, 0.4) is 0 Å². The first-order valence-electron chi connectivity index (χ1n) is 8.71. The van der Waals surface area contributed by atoms with Crippen molar-refractivity contribution in [2.75, 3.05) is 13.7 Å². The number of hydrogen-bond acceptors (Lipinski definition) is 4. The van der Waals surface area contributed by atoms with Crippen LogP contribution in [-0.4, -0.2) is 39.3 Å². The zero-order valence-corrected chi connectivity index (χ0v) is 15.7. The van der Waals surface area contributed by atoms with Gasteiger partial charge in [-0.05, 0) is 49.7 Å². The number of carbonyl (C=O) groups is 1. The summed E-state index contributed by atoms with van der Waals surface area (Å²) in [5.74, 6) is 0.145. The molecule has 140 valence electrons. The van der Waals surface area contributed by atoms with Gasteiger partial charge in [0, 0.05) is 19.3 Å². The van der Waals surface area contributed by atoms with E-state index in [9.17, 15) is 9.90 Å². The third-order valence-corrected chi connectivity index (χ3v) is 4.23. The monoisotopic (exact) mass is 365 g/mol. The average molecular weight is 365 g/mol. The number of rotatable bonds is 6. The van der Waals surface area contributed by atoms with Crippen molar-refractivity contribution in [3.05, 3.63) is 71.5 Å². The van der Waals surface area contributed by atoms with Crippen LogP contribution in [0.2, 0.25) is 0 Å². The molecule has 6 nitrogen and oxygen atoms in total. The molecule has 1 aromatic heterocycles. The number of likely N-dealkylation sites (N-methyl/N-ethyl adjacent to an activating group) is 1. The summed E-state index contributed by atoms with van der Waals surface area (Å²) in [5.41, 5.74) is 3.99. The third-order valence-electron chi connectivity index (χ3n) is 4.23. The van der Waals surface area contributed by atoms with Crippen LogP contribution in [0.15, 0.2) is 54.6 Å². The summed E-state index contributed by atoms with van der Waals surface area (Å²) in [6.07, 6.45) is 0. The normalized spacial score (nSPS) is 10.6. The molecule has 3 aromatic rings. The van der Waals surface area contributed by atoms with Gasteiger partial charge < -0.3 is 14.7 Å². The van der Waals surface area contributed by atoms with Crippen LogP contribution in [0.1, 0.15) is 17.0 Å². The SMILES string of the molecule is Cc1cc(C)n(-c2cccc(CN(C)C(=O)COc3ccccc3O)c2)n1. The molecule has 0 aliphatic heterocycles. The molecule has 6 heteroatoms. The van der Waals surface area contributed by atoms with E-state index in [-0.39, 0.29) is 18.3 Å². The Bertz CT molecular complexity index is 949. The van der Waals surface area contributed by atoms with Gasteiger partial charge in [0.05, 0.1) is 11.4 Å². The predicted octanol–water partition coefficient (Wildman–Crippen LogP) is 3.23. The number of phenols is 1. The zero-order valence-electron chi connectivity index (χ0n) is 15.7. The number of nitrogens with zero attached hydrogens (tertiary/aromatic N) is 3. The summed E-state index contributed by atoms with van der Waals surface area (Å²) in [6.45, 7) is 4.30. The van der Waals surface area contributed by atoms with Crippen molar-refractivity contribution < 1.29 is 14.6 Å². The Labute approximate surface area is 158 Å². The molecular weight excluding hydrogens is 342 g/mol. The minimum atomic E-state index is -0.172. The number of hydrogen-bond donors (Lipinski definition) is 1. The second kappa shape index (κ2) is 7.95. The maximum absolute atomic E-state index is 12.3. The van der Waals surface area contributed by atoms with Gasteiger partial charge in [0.25, 0.3) is 5.91 Å². The van der Waals surface area contributed by atoms with Crippen molar-refractivity contribution >= 4 is 5.91 Å². The molecule has 0 fully saturated rings. The van der Waals surface area contributed by atoms with Crippen LogP contribution in [-0.2, 0) is 11.3 Å². The van der Waals surface area contributed by atoms with Crippen LogP contribution < -0.4 is 4.74 Å². The first kappa shape index (κ1) is 18.5. The molecule has 0 aliphatic rings. The fourth-order valence-electron chi connectivity index (χ4n) is 2.87. The van der Waals surface area contributed by atoms with E-state index in [4.69, 9.17) is 4.74 Å². The molecule has 0 unspecified atom stereocenters. The van der Waals surface area contributed by atoms with Gasteiger partial charge in [0.2, 0.25) is 0 Å². The first-order chi connectivity index (χ1) is 12.9. The average Bonchev–Trinajstić information content (AvgIpc) is 2.99. The van der Waals surface area contributed by atoms with E-state index in [2.05, 4.69) is 5.10 Å². The Hall–Kier alpha value is -3.28. The van der Waals surface area contributed by atoms with Gasteiger partial charge >= 0.3 is 0 Å². The van der Waals surface area contributed by atoms with Crippen LogP contribution in [0.5, 0.6) is 11.5 Å². The zero-order chi connectivity index (χ0) is 19.4. The van der Waals surface area contributed by atoms with E-state index in [0.717, 1.165) is 22.6 Å². The minimum absolute atomic E-state index is 0.0190. The molecule has 0 atom stereocenters. The molecule has 27 heavy (non-hydrogen) atoms. The number of ether oxygens (including phenoxy) is 1. The lowest BCUT2D eigenvalue weighted by Gasteiger charge is -2.18. The quantitative estimate of drug-likeness (QED) is 0.728. The highest BCUT2D eigenvalue weighted by Crippen LogP contribution is 2.24. The van der Waals surface area contributed by atoms with E-state index < -0.39 is 0 Å². The summed E-state index contributed by atoms with van der Waals surface area (Å²) >= 11 is 0. The van der Waals surface area contributed by atoms with Gasteiger partial charge in [0.1, 0.15) is 0 Å². The smallest absolute Gasteiger partial charge is 0.260 e. The van der Waals surface area contributed by atoms with Crippen molar-refractivity contribution in [3.63, 3.8) is 0 Å². The van der Waals surface area contributed by atoms with E-state index in [1.54, 1.807) is 30.1 Å². The summed E-state index contributed by atoms with van der Waals surface area (Å²) in [6, 6.07) is 16.6. The predicted molar refractivity (Wildman–Crippen MR) is 103 cm³/mol. The lowest BCUT2D eigenvalue weighted by molar-refractivity contribution is -0.132. The third kappa shape index (κ3) is 4.47. The number of amides is 1. The molecule has 0 spiro atoms. The van der Waals surface area contributed by atoms with Crippen LogP contribution in [0, 0.1) is 13.8 Å². The van der Waals surface area contributed by atoms with Gasteiger partial charge in [-0.3, -0.25) is 4.79 Å². The van der Waals surface area contributed by atoms with Crippen molar-refractivity contribution in [1.82, 2.24) is 14.7 Å². The molecule has 0 aliphatic carbocycles. The molecule has 0 saturated carbocycles. The fourth-order valence-corrected chi connectivity index (χ4v) is 2.87. The number of carbonyl (C=O) groups excluding carboxylic acids is 1. The molecule has 2 aromatic carbocycles. The molecule has 0 bridgehead atoms. The highest BCUT2D eigenvalue weighted by Gasteiger charge is 2.12. The van der Waals surface area contributed by atoms with E-state index in [1.165, 1.54) is 6.07 Å². The Morgan fingerprint density at radius 1 is 1.15 bits per heavy atom. The topological polar surface area (TPSA) is 67.6 Å². The number of para-hydroxylation sites is 2. The number of aryl methyl sites for hydroxylation is 2. The van der Waals surface area contributed by atoms with Crippen LogP contribution in [0.25, 0.3) is 5.69 Å². The van der Waals surface area contributed by atoms with Crippen LogP contribution >= 0.6 is 0 Å². The van der Waals surface area contributed by atoms with Gasteiger partial charge in [-0.1, -0.05) is 24.3 Å². The van der Waals surface area contributed by atoms with E-state index in [1.807, 2.05) is 48.9 Å². The number of phenolic OH excluding ortho intramolecular Hbond substituents is 1. The van der Waals surface area contributed by atoms with E-state index in [0.29, 0.717) is 12.3 Å². The van der Waals surface area contributed by atoms with Gasteiger partial charge in [-0.15, -0.1) is 0 Å². The van der Waals surface area contributed by atoms with Gasteiger partial charge in [-0.25, -0.2) is 4.68 Å². The van der Waals surface area contributed by atoms with Gasteiger partial charge in [-0.2, -0.15) is 5.10 Å². The molecule has 1 heterocycles. The summed E-state index contributed by atoms with van der Waals surface area (Å²) < 4.78 is 7.30. The summed E-state index contributed by atoms with van der Waals surface area (Å²) in [7, 11) is 1.73. The second-order valence-corrected chi connectivity index (χ2v) is 6.52. The summed E-state index contributed by atoms with van der Waals surface area (Å²) in [4.78, 5) is 13.9. The maximum atomic E-state index is 12.3. The standard InChI is InChI=1S/C21H23N3O3/c1-15-11-16(2)24(22-15)18-8-6-7-17(12-18)13-23(3)21(26)14-27-20-10-5-4-9-19(20)25/h4-12,25H,13-14H2,1-3H3. The summed E-state index contributed by atoms with van der Waals surface area (Å²) in [5, 5.41) is 14.2. The molecule has 0 radical (unpaired) electrons. The molecule has 0 saturated heterocycles. The maximum Gasteiger partial charge on any atom is 0.260 e. The number of benzene rings is 2. The number of aromatic hydroxyl groups is 1. The van der Waals surface area contributed by atoms with Crippen molar-refractivity contribution in [2.24, 2.45) is 0 Å². The molecular formula is C21H23N3O3. The Morgan fingerprint density at radius 2 is 1.93 bits per heavy atom. The van der Waals surface area contributed by atoms with Crippen molar-refractivity contribution in [2.45, 2.75) is 20.4 Å². The Balaban J connectivity index is 1.64. The minimum Gasteiger partial charge on any atom is -0.504 e. The first-order valence-corrected chi connectivity index (χ1v) is 8.71. The lowest BCUT2D eigenvalue weighted by Crippen LogP contribution is -2.31. The highest BCUT2D eigenvalue weighted by molar-refractivity contribution is 5.77. The van der Waals surface area contributed by atoms with Crippen molar-refractivity contribution in [3.8, 4) is 17.2 Å². The second-order valence-electron chi connectivity index (χ2n) is 6.52. The number of aromatic nitrogens is 2. The Kier molecular flexibility index (Phi) is 5.45. The molecule has 1 amide bonds. The van der Waals surface area contributed by atoms with E-state index >= 15 is 0 Å². The van der Waals surface area contributed by atoms with Crippen molar-refractivity contribution in [1.29, 1.82) is 0 Å². The van der Waals surface area contributed by atoms with Crippen LogP contribution in [0.4, 0.5) is 0 Å². The van der Waals surface area contributed by atoms with Gasteiger partial charge in [0.15, 0.2) is 18.1 Å².